The number of β-amino-alcohol motifs (C(OH)–C–C–N with tert-alkyl or cyclic N) is 1. The Hall–Kier alpha value is -1.92. The van der Waals surface area contributed by atoms with Crippen LogP contribution in [0.25, 0.3) is 0 Å². The standard InChI is InChI=1S/C18H24N4O2/c1-12-19-20-18(22(12)14-6-7-14)11-21-10-15(23)9-17(21)13-4-3-5-16(8-13)24-2/h3-5,8,14-15,17,23H,6-7,9-11H2,1-2H3/t15-,17-/m1/s1. The maximum Gasteiger partial charge on any atom is 0.147 e. The van der Waals surface area contributed by atoms with Crippen molar-refractivity contribution in [2.75, 3.05) is 13.7 Å². The van der Waals surface area contributed by atoms with Gasteiger partial charge in [-0.15, -0.1) is 10.2 Å². The van der Waals surface area contributed by atoms with E-state index in [1.54, 1.807) is 7.11 Å². The van der Waals surface area contributed by atoms with Crippen molar-refractivity contribution in [2.24, 2.45) is 0 Å². The molecule has 2 aromatic rings. The van der Waals surface area contributed by atoms with E-state index in [0.717, 1.165) is 30.4 Å². The molecule has 1 aromatic carbocycles. The molecule has 24 heavy (non-hydrogen) atoms. The predicted molar refractivity (Wildman–Crippen MR) is 89.8 cm³/mol. The SMILES string of the molecule is COc1cccc([C@H]2C[C@@H](O)CN2Cc2nnc(C)n2C2CC2)c1. The van der Waals surface area contributed by atoms with Crippen molar-refractivity contribution in [1.29, 1.82) is 0 Å². The molecule has 1 aromatic heterocycles. The number of benzene rings is 1. The third-order valence-corrected chi connectivity index (χ3v) is 5.05. The van der Waals surface area contributed by atoms with Gasteiger partial charge in [0.05, 0.1) is 19.8 Å². The van der Waals surface area contributed by atoms with Crippen molar-refractivity contribution >= 4 is 0 Å². The summed E-state index contributed by atoms with van der Waals surface area (Å²) in [6.45, 7) is 3.40. The first-order valence-electron chi connectivity index (χ1n) is 8.62. The van der Waals surface area contributed by atoms with Gasteiger partial charge in [0.15, 0.2) is 0 Å². The fourth-order valence-corrected chi connectivity index (χ4v) is 3.76. The first-order valence-corrected chi connectivity index (χ1v) is 8.62. The van der Waals surface area contributed by atoms with Crippen LogP contribution >= 0.6 is 0 Å². The summed E-state index contributed by atoms with van der Waals surface area (Å²) in [6, 6.07) is 8.87. The second-order valence-corrected chi connectivity index (χ2v) is 6.88. The number of methoxy groups -OCH3 is 1. The quantitative estimate of drug-likeness (QED) is 0.912. The highest BCUT2D eigenvalue weighted by Crippen LogP contribution is 2.38. The average molecular weight is 328 g/mol. The number of likely N-dealkylation sites (tertiary alicyclic amines) is 1. The fourth-order valence-electron chi connectivity index (χ4n) is 3.76. The monoisotopic (exact) mass is 328 g/mol. The maximum atomic E-state index is 10.2. The second kappa shape index (κ2) is 6.18. The lowest BCUT2D eigenvalue weighted by atomic mass is 10.0. The van der Waals surface area contributed by atoms with Gasteiger partial charge in [-0.2, -0.15) is 0 Å². The van der Waals surface area contributed by atoms with Crippen LogP contribution in [0.4, 0.5) is 0 Å². The molecule has 2 heterocycles. The molecular formula is C18H24N4O2. The second-order valence-electron chi connectivity index (χ2n) is 6.88. The van der Waals surface area contributed by atoms with E-state index in [1.165, 1.54) is 18.4 Å². The Morgan fingerprint density at radius 3 is 2.88 bits per heavy atom. The molecule has 6 nitrogen and oxygen atoms in total. The van der Waals surface area contributed by atoms with Crippen LogP contribution in [-0.4, -0.2) is 44.5 Å². The van der Waals surface area contributed by atoms with Crippen LogP contribution in [0.1, 0.15) is 48.6 Å². The van der Waals surface area contributed by atoms with Gasteiger partial charge in [0.1, 0.15) is 17.4 Å². The molecule has 0 bridgehead atoms. The van der Waals surface area contributed by atoms with E-state index >= 15 is 0 Å². The number of nitrogens with zero attached hydrogens (tertiary/aromatic N) is 4. The Balaban J connectivity index is 1.59. The van der Waals surface area contributed by atoms with Crippen molar-refractivity contribution in [2.45, 2.75) is 50.9 Å². The summed E-state index contributed by atoms with van der Waals surface area (Å²) in [5, 5.41) is 18.9. The van der Waals surface area contributed by atoms with Crippen molar-refractivity contribution in [1.82, 2.24) is 19.7 Å². The Labute approximate surface area is 142 Å². The van der Waals surface area contributed by atoms with Crippen LogP contribution < -0.4 is 4.74 Å². The first-order chi connectivity index (χ1) is 11.7. The van der Waals surface area contributed by atoms with Crippen LogP contribution in [0.15, 0.2) is 24.3 Å². The van der Waals surface area contributed by atoms with E-state index in [2.05, 4.69) is 31.8 Å². The molecule has 1 saturated carbocycles. The summed E-state index contributed by atoms with van der Waals surface area (Å²) in [7, 11) is 1.68. The number of hydrogen-bond acceptors (Lipinski definition) is 5. The number of hydrogen-bond donors (Lipinski definition) is 1. The van der Waals surface area contributed by atoms with E-state index in [4.69, 9.17) is 4.74 Å². The van der Waals surface area contributed by atoms with Crippen LogP contribution in [0, 0.1) is 6.92 Å². The molecule has 1 aliphatic heterocycles. The molecular weight excluding hydrogens is 304 g/mol. The average Bonchev–Trinajstić information content (AvgIpc) is 3.26. The molecule has 4 rings (SSSR count). The minimum atomic E-state index is -0.306. The van der Waals surface area contributed by atoms with Gasteiger partial charge in [0, 0.05) is 18.6 Å². The smallest absolute Gasteiger partial charge is 0.147 e. The molecule has 0 unspecified atom stereocenters. The predicted octanol–water partition coefficient (Wildman–Crippen LogP) is 2.24. The van der Waals surface area contributed by atoms with E-state index in [1.807, 2.05) is 19.1 Å². The van der Waals surface area contributed by atoms with Crippen LogP contribution in [0.2, 0.25) is 0 Å². The Bertz CT molecular complexity index is 726. The first kappa shape index (κ1) is 15.6. The highest BCUT2D eigenvalue weighted by atomic mass is 16.5. The lowest BCUT2D eigenvalue weighted by Gasteiger charge is -2.24. The fraction of sp³-hybridized carbons (Fsp3) is 0.556. The van der Waals surface area contributed by atoms with Gasteiger partial charge in [-0.1, -0.05) is 12.1 Å². The molecule has 6 heteroatoms. The molecule has 128 valence electrons. The van der Waals surface area contributed by atoms with Crippen molar-refractivity contribution < 1.29 is 9.84 Å². The normalized spacial score (nSPS) is 24.5. The number of ether oxygens (including phenoxy) is 1. The zero-order valence-corrected chi connectivity index (χ0v) is 14.2. The van der Waals surface area contributed by atoms with Crippen molar-refractivity contribution in [3.8, 4) is 5.75 Å². The van der Waals surface area contributed by atoms with E-state index < -0.39 is 0 Å². The van der Waals surface area contributed by atoms with Gasteiger partial charge < -0.3 is 14.4 Å². The van der Waals surface area contributed by atoms with E-state index in [-0.39, 0.29) is 12.1 Å². The lowest BCUT2D eigenvalue weighted by molar-refractivity contribution is 0.170. The minimum absolute atomic E-state index is 0.180. The number of aliphatic hydroxyl groups is 1. The van der Waals surface area contributed by atoms with Crippen LogP contribution in [-0.2, 0) is 6.54 Å². The molecule has 0 radical (unpaired) electrons. The van der Waals surface area contributed by atoms with Gasteiger partial charge in [-0.05, 0) is 43.9 Å². The molecule has 1 saturated heterocycles. The molecule has 2 atom stereocenters. The van der Waals surface area contributed by atoms with E-state index in [0.29, 0.717) is 12.6 Å². The number of aromatic nitrogens is 3. The summed E-state index contributed by atoms with van der Waals surface area (Å²) in [5.41, 5.74) is 1.18. The molecule has 1 aliphatic carbocycles. The number of rotatable bonds is 5. The molecule has 1 N–H and O–H groups in total. The summed E-state index contributed by atoms with van der Waals surface area (Å²) in [5.74, 6) is 2.85. The zero-order chi connectivity index (χ0) is 16.7. The van der Waals surface area contributed by atoms with Gasteiger partial charge >= 0.3 is 0 Å². The maximum absolute atomic E-state index is 10.2. The van der Waals surface area contributed by atoms with Gasteiger partial charge in [0.2, 0.25) is 0 Å². The molecule has 2 aliphatic rings. The summed E-state index contributed by atoms with van der Waals surface area (Å²) >= 11 is 0. The minimum Gasteiger partial charge on any atom is -0.497 e. The molecule has 0 amide bonds. The third kappa shape index (κ3) is 2.91. The Morgan fingerprint density at radius 1 is 1.29 bits per heavy atom. The van der Waals surface area contributed by atoms with Gasteiger partial charge in [0.25, 0.3) is 0 Å². The lowest BCUT2D eigenvalue weighted by Crippen LogP contribution is -2.26. The summed E-state index contributed by atoms with van der Waals surface area (Å²) in [6.07, 6.45) is 2.87. The zero-order valence-electron chi connectivity index (χ0n) is 14.2. The largest absolute Gasteiger partial charge is 0.497 e. The van der Waals surface area contributed by atoms with Gasteiger partial charge in [-0.3, -0.25) is 4.90 Å². The molecule has 0 spiro atoms. The van der Waals surface area contributed by atoms with Crippen LogP contribution in [0.5, 0.6) is 5.75 Å². The van der Waals surface area contributed by atoms with E-state index in [9.17, 15) is 5.11 Å². The topological polar surface area (TPSA) is 63.4 Å². The molecule has 2 fully saturated rings. The van der Waals surface area contributed by atoms with Gasteiger partial charge in [-0.25, -0.2) is 0 Å². The number of aliphatic hydroxyl groups excluding tert-OH is 1. The Morgan fingerprint density at radius 2 is 2.12 bits per heavy atom. The van der Waals surface area contributed by atoms with Crippen molar-refractivity contribution in [3.63, 3.8) is 0 Å². The van der Waals surface area contributed by atoms with Crippen LogP contribution in [0.3, 0.4) is 0 Å². The Kier molecular flexibility index (Phi) is 4.02. The summed E-state index contributed by atoms with van der Waals surface area (Å²) in [4.78, 5) is 2.31. The number of aryl methyl sites for hydroxylation is 1. The van der Waals surface area contributed by atoms with Crippen molar-refractivity contribution in [3.05, 3.63) is 41.5 Å². The highest BCUT2D eigenvalue weighted by molar-refractivity contribution is 5.31. The summed E-state index contributed by atoms with van der Waals surface area (Å²) < 4.78 is 7.62. The third-order valence-electron chi connectivity index (χ3n) is 5.05. The highest BCUT2D eigenvalue weighted by Gasteiger charge is 2.35.